The Kier molecular flexibility index (Phi) is 3.99. The van der Waals surface area contributed by atoms with Gasteiger partial charge in [0, 0.05) is 5.69 Å². The lowest BCUT2D eigenvalue weighted by Gasteiger charge is -2.10. The summed E-state index contributed by atoms with van der Waals surface area (Å²) in [4.78, 5) is 0.114. The van der Waals surface area contributed by atoms with Gasteiger partial charge in [-0.1, -0.05) is 26.0 Å². The van der Waals surface area contributed by atoms with E-state index in [9.17, 15) is 13.5 Å². The van der Waals surface area contributed by atoms with Gasteiger partial charge < -0.3 is 5.11 Å². The second-order valence-corrected chi connectivity index (χ2v) is 6.56. The number of anilines is 1. The summed E-state index contributed by atoms with van der Waals surface area (Å²) < 4.78 is 26.8. The largest absolute Gasteiger partial charge is 0.508 e. The van der Waals surface area contributed by atoms with E-state index in [1.54, 1.807) is 12.1 Å². The third kappa shape index (κ3) is 3.30. The van der Waals surface area contributed by atoms with Crippen molar-refractivity contribution in [2.75, 3.05) is 4.72 Å². The first-order valence-corrected chi connectivity index (χ1v) is 7.78. The number of rotatable bonds is 4. The van der Waals surface area contributed by atoms with Crippen molar-refractivity contribution in [1.82, 2.24) is 0 Å². The number of sulfonamides is 1. The van der Waals surface area contributed by atoms with Gasteiger partial charge in [0.25, 0.3) is 10.0 Å². The number of hydrogen-bond donors (Lipinski definition) is 2. The van der Waals surface area contributed by atoms with E-state index in [2.05, 4.69) is 18.6 Å². The van der Waals surface area contributed by atoms with Crippen LogP contribution in [0.2, 0.25) is 0 Å². The van der Waals surface area contributed by atoms with E-state index >= 15 is 0 Å². The Morgan fingerprint density at radius 1 is 0.950 bits per heavy atom. The number of phenols is 1. The molecule has 0 atom stereocenters. The molecule has 0 amide bonds. The molecule has 2 N–H and O–H groups in total. The molecular weight excluding hydrogens is 274 g/mol. The van der Waals surface area contributed by atoms with Crippen LogP contribution in [-0.2, 0) is 10.0 Å². The molecule has 0 unspecified atom stereocenters. The maximum absolute atomic E-state index is 12.1. The molecule has 4 nitrogen and oxygen atoms in total. The zero-order chi connectivity index (χ0) is 14.8. The molecule has 0 bridgehead atoms. The van der Waals surface area contributed by atoms with Crippen molar-refractivity contribution >= 4 is 15.7 Å². The lowest BCUT2D eigenvalue weighted by Crippen LogP contribution is -2.12. The summed E-state index contributed by atoms with van der Waals surface area (Å²) in [5.41, 5.74) is 1.67. The molecule has 0 radical (unpaired) electrons. The summed E-state index contributed by atoms with van der Waals surface area (Å²) >= 11 is 0. The molecule has 0 fully saturated rings. The highest BCUT2D eigenvalue weighted by molar-refractivity contribution is 7.92. The molecule has 0 aliphatic heterocycles. The normalized spacial score (nSPS) is 11.6. The zero-order valence-electron chi connectivity index (χ0n) is 11.4. The van der Waals surface area contributed by atoms with Crippen molar-refractivity contribution in [3.8, 4) is 5.75 Å². The van der Waals surface area contributed by atoms with Crippen molar-refractivity contribution in [2.45, 2.75) is 24.7 Å². The van der Waals surface area contributed by atoms with Crippen LogP contribution in [0.15, 0.2) is 53.4 Å². The fourth-order valence-corrected chi connectivity index (χ4v) is 2.83. The zero-order valence-corrected chi connectivity index (χ0v) is 12.2. The van der Waals surface area contributed by atoms with Gasteiger partial charge in [-0.2, -0.15) is 0 Å². The molecule has 0 aliphatic carbocycles. The Hall–Kier alpha value is -2.01. The highest BCUT2D eigenvalue weighted by Crippen LogP contribution is 2.21. The van der Waals surface area contributed by atoms with Gasteiger partial charge in [0.05, 0.1) is 4.90 Å². The van der Waals surface area contributed by atoms with Crippen LogP contribution in [0.3, 0.4) is 0 Å². The van der Waals surface area contributed by atoms with E-state index in [0.29, 0.717) is 11.6 Å². The van der Waals surface area contributed by atoms with Gasteiger partial charge in [-0.15, -0.1) is 0 Å². The van der Waals surface area contributed by atoms with Gasteiger partial charge in [0.15, 0.2) is 0 Å². The van der Waals surface area contributed by atoms with Crippen molar-refractivity contribution < 1.29 is 13.5 Å². The minimum Gasteiger partial charge on any atom is -0.508 e. The topological polar surface area (TPSA) is 66.4 Å². The van der Waals surface area contributed by atoms with Gasteiger partial charge in [0.1, 0.15) is 5.75 Å². The Balaban J connectivity index is 2.22. The summed E-state index contributed by atoms with van der Waals surface area (Å²) in [5.74, 6) is 0.433. The first-order valence-electron chi connectivity index (χ1n) is 6.30. The SMILES string of the molecule is CC(C)c1ccc(NS(=O)(=O)c2ccc(O)cc2)cc1. The van der Waals surface area contributed by atoms with Gasteiger partial charge in [-0.3, -0.25) is 4.72 Å². The summed E-state index contributed by atoms with van der Waals surface area (Å²) in [6.45, 7) is 4.16. The van der Waals surface area contributed by atoms with Crippen LogP contribution in [-0.4, -0.2) is 13.5 Å². The van der Waals surface area contributed by atoms with Gasteiger partial charge in [-0.25, -0.2) is 8.42 Å². The molecule has 0 aromatic heterocycles. The minimum absolute atomic E-state index is 0.0326. The van der Waals surface area contributed by atoms with E-state index in [-0.39, 0.29) is 10.6 Å². The van der Waals surface area contributed by atoms with E-state index in [1.165, 1.54) is 24.3 Å². The van der Waals surface area contributed by atoms with Gasteiger partial charge >= 0.3 is 0 Å². The lowest BCUT2D eigenvalue weighted by molar-refractivity contribution is 0.475. The average Bonchev–Trinajstić information content (AvgIpc) is 2.39. The van der Waals surface area contributed by atoms with Crippen molar-refractivity contribution in [3.63, 3.8) is 0 Å². The Labute approximate surface area is 119 Å². The smallest absolute Gasteiger partial charge is 0.261 e. The first kappa shape index (κ1) is 14.4. The van der Waals surface area contributed by atoms with Crippen LogP contribution >= 0.6 is 0 Å². The highest BCUT2D eigenvalue weighted by Gasteiger charge is 2.14. The number of hydrogen-bond acceptors (Lipinski definition) is 3. The molecule has 0 spiro atoms. The Morgan fingerprint density at radius 3 is 2.00 bits per heavy atom. The number of nitrogens with one attached hydrogen (secondary N) is 1. The second-order valence-electron chi connectivity index (χ2n) is 4.88. The van der Waals surface area contributed by atoms with Gasteiger partial charge in [-0.05, 0) is 47.9 Å². The van der Waals surface area contributed by atoms with Crippen LogP contribution in [0.25, 0.3) is 0 Å². The number of benzene rings is 2. The van der Waals surface area contributed by atoms with Crippen molar-refractivity contribution in [3.05, 3.63) is 54.1 Å². The van der Waals surface area contributed by atoms with Crippen molar-refractivity contribution in [2.24, 2.45) is 0 Å². The lowest BCUT2D eigenvalue weighted by atomic mass is 10.0. The molecule has 5 heteroatoms. The molecule has 0 aliphatic rings. The highest BCUT2D eigenvalue weighted by atomic mass is 32.2. The molecule has 106 valence electrons. The predicted molar refractivity (Wildman–Crippen MR) is 79.4 cm³/mol. The van der Waals surface area contributed by atoms with E-state index in [0.717, 1.165) is 5.56 Å². The van der Waals surface area contributed by atoms with Crippen LogP contribution in [0, 0.1) is 0 Å². The predicted octanol–water partition coefficient (Wildman–Crippen LogP) is 3.32. The van der Waals surface area contributed by atoms with E-state index in [4.69, 9.17) is 0 Å². The first-order chi connectivity index (χ1) is 9.38. The molecule has 0 saturated carbocycles. The second kappa shape index (κ2) is 5.54. The Morgan fingerprint density at radius 2 is 1.50 bits per heavy atom. The van der Waals surface area contributed by atoms with E-state index < -0.39 is 10.0 Å². The number of phenolic OH excluding ortho intramolecular Hbond substituents is 1. The summed E-state index contributed by atoms with van der Waals surface area (Å²) in [5, 5.41) is 9.18. The number of aromatic hydroxyl groups is 1. The third-order valence-corrected chi connectivity index (χ3v) is 4.37. The van der Waals surface area contributed by atoms with Gasteiger partial charge in [0.2, 0.25) is 0 Å². The fraction of sp³-hybridized carbons (Fsp3) is 0.200. The monoisotopic (exact) mass is 291 g/mol. The Bertz CT molecular complexity index is 674. The standard InChI is InChI=1S/C15H17NO3S/c1-11(2)12-3-5-13(6-4-12)16-20(18,19)15-9-7-14(17)8-10-15/h3-11,16-17H,1-2H3. The molecule has 20 heavy (non-hydrogen) atoms. The molecule has 2 aromatic rings. The third-order valence-electron chi connectivity index (χ3n) is 2.98. The minimum atomic E-state index is -3.62. The maximum Gasteiger partial charge on any atom is 0.261 e. The van der Waals surface area contributed by atoms with Crippen LogP contribution in [0.1, 0.15) is 25.3 Å². The quantitative estimate of drug-likeness (QED) is 0.908. The van der Waals surface area contributed by atoms with Crippen LogP contribution in [0.4, 0.5) is 5.69 Å². The molecule has 0 heterocycles. The van der Waals surface area contributed by atoms with Crippen molar-refractivity contribution in [1.29, 1.82) is 0 Å². The summed E-state index contributed by atoms with van der Waals surface area (Å²) in [6.07, 6.45) is 0. The maximum atomic E-state index is 12.1. The summed E-state index contributed by atoms with van der Waals surface area (Å²) in [7, 11) is -3.62. The molecule has 0 saturated heterocycles. The molecule has 2 rings (SSSR count). The van der Waals surface area contributed by atoms with Crippen LogP contribution in [0.5, 0.6) is 5.75 Å². The fourth-order valence-electron chi connectivity index (χ4n) is 1.78. The average molecular weight is 291 g/mol. The molecular formula is C15H17NO3S. The molecule has 2 aromatic carbocycles. The summed E-state index contributed by atoms with van der Waals surface area (Å²) in [6, 6.07) is 12.7. The van der Waals surface area contributed by atoms with E-state index in [1.807, 2.05) is 12.1 Å². The van der Waals surface area contributed by atoms with Crippen LogP contribution < -0.4 is 4.72 Å².